The summed E-state index contributed by atoms with van der Waals surface area (Å²) in [5, 5.41) is 11.2. The lowest BCUT2D eigenvalue weighted by Gasteiger charge is -2.18. The maximum absolute atomic E-state index is 11.2. The largest absolute Gasteiger partial charge is 0.354 e. The summed E-state index contributed by atoms with van der Waals surface area (Å²) in [5.74, 6) is 5.44. The Morgan fingerprint density at radius 1 is 1.48 bits per heavy atom. The van der Waals surface area contributed by atoms with Gasteiger partial charge in [0.2, 0.25) is 11.6 Å². The third-order valence-corrected chi connectivity index (χ3v) is 3.29. The summed E-state index contributed by atoms with van der Waals surface area (Å²) in [6, 6.07) is 7.67. The molecule has 110 valence electrons. The zero-order chi connectivity index (χ0) is 15.4. The zero-order valence-corrected chi connectivity index (χ0v) is 12.7. The van der Waals surface area contributed by atoms with Gasteiger partial charge >= 0.3 is 5.69 Å². The standard InChI is InChI=1S/C12H13BrN6O2/c1-18(6-8-3-2-4-9(13)5-8)12-10(19(20)21)11(17-14)15-7-16-12/h2-5,7H,6,14H2,1H3,(H,15,16,17). The third-order valence-electron chi connectivity index (χ3n) is 2.79. The van der Waals surface area contributed by atoms with Crippen LogP contribution in [0.3, 0.4) is 0 Å². The molecule has 0 spiro atoms. The zero-order valence-electron chi connectivity index (χ0n) is 11.2. The molecule has 1 aromatic heterocycles. The fraction of sp³-hybridized carbons (Fsp3) is 0.167. The Labute approximate surface area is 129 Å². The Hall–Kier alpha value is -2.26. The first-order valence-electron chi connectivity index (χ1n) is 5.94. The molecule has 9 heteroatoms. The number of nitrogens with two attached hydrogens (primary N) is 1. The van der Waals surface area contributed by atoms with Gasteiger partial charge in [0, 0.05) is 18.1 Å². The summed E-state index contributed by atoms with van der Waals surface area (Å²) in [6.45, 7) is 0.460. The molecule has 0 fully saturated rings. The molecule has 0 amide bonds. The van der Waals surface area contributed by atoms with E-state index in [1.165, 1.54) is 6.33 Å². The Balaban J connectivity index is 2.35. The molecular weight excluding hydrogens is 340 g/mol. The van der Waals surface area contributed by atoms with Crippen LogP contribution in [0.5, 0.6) is 0 Å². The van der Waals surface area contributed by atoms with Gasteiger partial charge in [0.1, 0.15) is 6.33 Å². The quantitative estimate of drug-likeness (QED) is 0.481. The molecule has 1 heterocycles. The molecule has 8 nitrogen and oxygen atoms in total. The predicted octanol–water partition coefficient (Wildman–Crippen LogP) is 2.07. The number of anilines is 2. The van der Waals surface area contributed by atoms with Crippen molar-refractivity contribution in [2.75, 3.05) is 17.4 Å². The SMILES string of the molecule is CN(Cc1cccc(Br)c1)c1ncnc(NN)c1[N+](=O)[O-]. The number of aromatic nitrogens is 2. The van der Waals surface area contributed by atoms with Crippen molar-refractivity contribution in [3.8, 4) is 0 Å². The second kappa shape index (κ2) is 6.46. The van der Waals surface area contributed by atoms with E-state index in [2.05, 4.69) is 31.3 Å². The average molecular weight is 353 g/mol. The molecule has 0 atom stereocenters. The van der Waals surface area contributed by atoms with E-state index in [4.69, 9.17) is 5.84 Å². The first kappa shape index (κ1) is 15.1. The van der Waals surface area contributed by atoms with Crippen molar-refractivity contribution in [3.63, 3.8) is 0 Å². The molecule has 2 aromatic rings. The minimum absolute atomic E-state index is 0.0221. The van der Waals surface area contributed by atoms with Gasteiger partial charge in [-0.1, -0.05) is 28.1 Å². The normalized spacial score (nSPS) is 10.2. The number of halogens is 1. The van der Waals surface area contributed by atoms with Crippen LogP contribution in [0.2, 0.25) is 0 Å². The molecule has 0 aliphatic rings. The van der Waals surface area contributed by atoms with Crippen LogP contribution in [-0.4, -0.2) is 21.9 Å². The van der Waals surface area contributed by atoms with Gasteiger partial charge in [-0.15, -0.1) is 0 Å². The second-order valence-corrected chi connectivity index (χ2v) is 5.20. The van der Waals surface area contributed by atoms with E-state index in [-0.39, 0.29) is 17.3 Å². The first-order valence-corrected chi connectivity index (χ1v) is 6.73. The van der Waals surface area contributed by atoms with Gasteiger partial charge in [0.05, 0.1) is 4.92 Å². The van der Waals surface area contributed by atoms with Crippen LogP contribution in [-0.2, 0) is 6.54 Å². The first-order chi connectivity index (χ1) is 10.0. The van der Waals surface area contributed by atoms with E-state index in [1.807, 2.05) is 24.3 Å². The fourth-order valence-electron chi connectivity index (χ4n) is 1.91. The van der Waals surface area contributed by atoms with E-state index < -0.39 is 4.92 Å². The monoisotopic (exact) mass is 352 g/mol. The van der Waals surface area contributed by atoms with E-state index >= 15 is 0 Å². The molecule has 0 saturated carbocycles. The number of nitrogen functional groups attached to an aromatic ring is 1. The molecule has 0 radical (unpaired) electrons. The number of hydrazine groups is 1. The molecule has 0 saturated heterocycles. The Morgan fingerprint density at radius 2 is 2.24 bits per heavy atom. The van der Waals surface area contributed by atoms with E-state index in [0.717, 1.165) is 10.0 Å². The molecular formula is C12H13BrN6O2. The molecule has 0 bridgehead atoms. The van der Waals surface area contributed by atoms with Crippen molar-refractivity contribution in [1.82, 2.24) is 9.97 Å². The van der Waals surface area contributed by atoms with Gasteiger partial charge in [-0.25, -0.2) is 15.8 Å². The van der Waals surface area contributed by atoms with Gasteiger partial charge in [0.15, 0.2) is 0 Å². The maximum atomic E-state index is 11.2. The Morgan fingerprint density at radius 3 is 2.86 bits per heavy atom. The molecule has 1 aromatic carbocycles. The number of nitrogens with one attached hydrogen (secondary N) is 1. The van der Waals surface area contributed by atoms with Crippen molar-refractivity contribution >= 4 is 33.3 Å². The lowest BCUT2D eigenvalue weighted by Crippen LogP contribution is -2.21. The highest BCUT2D eigenvalue weighted by atomic mass is 79.9. The summed E-state index contributed by atoms with van der Waals surface area (Å²) in [5.41, 5.74) is 2.95. The van der Waals surface area contributed by atoms with Crippen molar-refractivity contribution in [1.29, 1.82) is 0 Å². The van der Waals surface area contributed by atoms with Crippen molar-refractivity contribution < 1.29 is 4.92 Å². The topological polar surface area (TPSA) is 110 Å². The Bertz CT molecular complexity index is 666. The average Bonchev–Trinajstić information content (AvgIpc) is 2.46. The number of hydrogen-bond donors (Lipinski definition) is 2. The lowest BCUT2D eigenvalue weighted by atomic mass is 10.2. The molecule has 0 aliphatic heterocycles. The van der Waals surface area contributed by atoms with E-state index in [9.17, 15) is 10.1 Å². The lowest BCUT2D eigenvalue weighted by molar-refractivity contribution is -0.383. The summed E-state index contributed by atoms with van der Waals surface area (Å²) in [6.07, 6.45) is 1.23. The number of rotatable bonds is 5. The predicted molar refractivity (Wildman–Crippen MR) is 82.7 cm³/mol. The van der Waals surface area contributed by atoms with Gasteiger partial charge in [-0.05, 0) is 17.7 Å². The van der Waals surface area contributed by atoms with Crippen LogP contribution in [0.25, 0.3) is 0 Å². The minimum Gasteiger partial charge on any atom is -0.349 e. The van der Waals surface area contributed by atoms with Gasteiger partial charge < -0.3 is 10.3 Å². The van der Waals surface area contributed by atoms with Crippen LogP contribution in [0.15, 0.2) is 35.1 Å². The highest BCUT2D eigenvalue weighted by Crippen LogP contribution is 2.31. The minimum atomic E-state index is -0.554. The number of hydrogen-bond acceptors (Lipinski definition) is 7. The van der Waals surface area contributed by atoms with Gasteiger partial charge in [-0.2, -0.15) is 0 Å². The second-order valence-electron chi connectivity index (χ2n) is 4.28. The van der Waals surface area contributed by atoms with Crippen LogP contribution in [0, 0.1) is 10.1 Å². The summed E-state index contributed by atoms with van der Waals surface area (Å²) >= 11 is 3.39. The summed E-state index contributed by atoms with van der Waals surface area (Å²) in [4.78, 5) is 20.1. The number of benzene rings is 1. The fourth-order valence-corrected chi connectivity index (χ4v) is 2.35. The van der Waals surface area contributed by atoms with Gasteiger partial charge in [-0.3, -0.25) is 10.1 Å². The van der Waals surface area contributed by atoms with E-state index in [1.54, 1.807) is 11.9 Å². The van der Waals surface area contributed by atoms with E-state index in [0.29, 0.717) is 6.54 Å². The highest BCUT2D eigenvalue weighted by Gasteiger charge is 2.25. The molecule has 2 rings (SSSR count). The molecule has 0 unspecified atom stereocenters. The number of nitro groups is 1. The van der Waals surface area contributed by atoms with Crippen molar-refractivity contribution in [2.45, 2.75) is 6.54 Å². The smallest absolute Gasteiger partial charge is 0.349 e. The third kappa shape index (κ3) is 3.44. The summed E-state index contributed by atoms with van der Waals surface area (Å²) in [7, 11) is 1.72. The highest BCUT2D eigenvalue weighted by molar-refractivity contribution is 9.10. The van der Waals surface area contributed by atoms with Crippen LogP contribution < -0.4 is 16.2 Å². The Kier molecular flexibility index (Phi) is 4.66. The van der Waals surface area contributed by atoms with Crippen LogP contribution in [0.4, 0.5) is 17.3 Å². The van der Waals surface area contributed by atoms with Crippen LogP contribution in [0.1, 0.15) is 5.56 Å². The van der Waals surface area contributed by atoms with Crippen molar-refractivity contribution in [3.05, 3.63) is 50.7 Å². The van der Waals surface area contributed by atoms with Crippen LogP contribution >= 0.6 is 15.9 Å². The molecule has 21 heavy (non-hydrogen) atoms. The van der Waals surface area contributed by atoms with Crippen molar-refractivity contribution in [2.24, 2.45) is 5.84 Å². The number of nitrogens with zero attached hydrogens (tertiary/aromatic N) is 4. The molecule has 3 N–H and O–H groups in total. The maximum Gasteiger partial charge on any atom is 0.354 e. The summed E-state index contributed by atoms with van der Waals surface area (Å²) < 4.78 is 0.940. The molecule has 0 aliphatic carbocycles. The van der Waals surface area contributed by atoms with Gasteiger partial charge in [0.25, 0.3) is 0 Å².